The summed E-state index contributed by atoms with van der Waals surface area (Å²) < 4.78 is 24.7. The van der Waals surface area contributed by atoms with Crippen LogP contribution in [0.4, 0.5) is 4.39 Å². The highest BCUT2D eigenvalue weighted by atomic mass is 19.1. The number of rotatable bonds is 4. The van der Waals surface area contributed by atoms with Gasteiger partial charge in [0, 0.05) is 12.0 Å². The molecule has 0 aromatic heterocycles. The zero-order valence-corrected chi connectivity index (χ0v) is 10.5. The van der Waals surface area contributed by atoms with E-state index in [1.807, 2.05) is 13.0 Å². The largest absolute Gasteiger partial charge is 0.492 e. The van der Waals surface area contributed by atoms with Crippen molar-refractivity contribution in [1.82, 2.24) is 0 Å². The average Bonchev–Trinajstić information content (AvgIpc) is 3.11. The Hall–Kier alpha value is -1.29. The molecule has 0 aliphatic heterocycles. The van der Waals surface area contributed by atoms with Gasteiger partial charge >= 0.3 is 0 Å². The second kappa shape index (κ2) is 4.18. The zero-order chi connectivity index (χ0) is 12.6. The van der Waals surface area contributed by atoms with Crippen LogP contribution in [0, 0.1) is 12.7 Å². The summed E-state index contributed by atoms with van der Waals surface area (Å²) in [5.74, 6) is 0.307. The van der Waals surface area contributed by atoms with Crippen LogP contribution in [0.5, 0.6) is 11.5 Å². The standard InChI is InChI=1S/C13H18FNO2/c1-8-6-9(13(7-15)4-5-13)10(14)12(17-3)11(8)16-2/h6H,4-5,7,15H2,1-3H3. The fourth-order valence-corrected chi connectivity index (χ4v) is 2.30. The highest BCUT2D eigenvalue weighted by Gasteiger charge is 2.46. The second-order valence-electron chi connectivity index (χ2n) is 4.61. The van der Waals surface area contributed by atoms with Gasteiger partial charge in [-0.2, -0.15) is 0 Å². The Labute approximate surface area is 101 Å². The highest BCUT2D eigenvalue weighted by Crippen LogP contribution is 2.51. The van der Waals surface area contributed by atoms with Crippen molar-refractivity contribution in [3.05, 3.63) is 23.0 Å². The Bertz CT molecular complexity index is 442. The molecule has 4 heteroatoms. The van der Waals surface area contributed by atoms with Crippen molar-refractivity contribution in [2.24, 2.45) is 5.73 Å². The Kier molecular flexibility index (Phi) is 3.00. The van der Waals surface area contributed by atoms with Crippen molar-refractivity contribution in [1.29, 1.82) is 0 Å². The number of hydrogen-bond acceptors (Lipinski definition) is 3. The van der Waals surface area contributed by atoms with E-state index in [1.54, 1.807) is 0 Å². The van der Waals surface area contributed by atoms with Crippen LogP contribution >= 0.6 is 0 Å². The summed E-state index contributed by atoms with van der Waals surface area (Å²) in [6.07, 6.45) is 1.88. The van der Waals surface area contributed by atoms with E-state index in [9.17, 15) is 4.39 Å². The van der Waals surface area contributed by atoms with E-state index in [0.717, 1.165) is 18.4 Å². The molecule has 1 aliphatic rings. The van der Waals surface area contributed by atoms with Gasteiger partial charge in [0.15, 0.2) is 17.3 Å². The third-order valence-electron chi connectivity index (χ3n) is 3.58. The maximum atomic E-state index is 14.4. The highest BCUT2D eigenvalue weighted by molar-refractivity contribution is 5.53. The molecule has 0 amide bonds. The van der Waals surface area contributed by atoms with Crippen LogP contribution in [0.15, 0.2) is 6.07 Å². The summed E-state index contributed by atoms with van der Waals surface area (Å²) in [5, 5.41) is 0. The van der Waals surface area contributed by atoms with Crippen molar-refractivity contribution in [2.75, 3.05) is 20.8 Å². The molecule has 1 aromatic rings. The molecule has 3 nitrogen and oxygen atoms in total. The minimum atomic E-state index is -0.335. The van der Waals surface area contributed by atoms with E-state index in [4.69, 9.17) is 15.2 Å². The fraction of sp³-hybridized carbons (Fsp3) is 0.538. The van der Waals surface area contributed by atoms with Gasteiger partial charge in [0.2, 0.25) is 0 Å². The Morgan fingerprint density at radius 3 is 2.29 bits per heavy atom. The summed E-state index contributed by atoms with van der Waals surface area (Å²) in [6, 6.07) is 1.83. The van der Waals surface area contributed by atoms with Gasteiger partial charge in [0.05, 0.1) is 14.2 Å². The molecular formula is C13H18FNO2. The topological polar surface area (TPSA) is 44.5 Å². The predicted molar refractivity (Wildman–Crippen MR) is 64.2 cm³/mol. The van der Waals surface area contributed by atoms with Gasteiger partial charge in [0.25, 0.3) is 0 Å². The van der Waals surface area contributed by atoms with Gasteiger partial charge < -0.3 is 15.2 Å². The number of nitrogens with two attached hydrogens (primary N) is 1. The molecule has 17 heavy (non-hydrogen) atoms. The van der Waals surface area contributed by atoms with Crippen molar-refractivity contribution in [3.8, 4) is 11.5 Å². The molecule has 0 spiro atoms. The third kappa shape index (κ3) is 1.76. The molecule has 0 bridgehead atoms. The molecule has 1 aromatic carbocycles. The van der Waals surface area contributed by atoms with Crippen LogP contribution in [0.2, 0.25) is 0 Å². The number of hydrogen-bond donors (Lipinski definition) is 1. The second-order valence-corrected chi connectivity index (χ2v) is 4.61. The molecule has 1 aliphatic carbocycles. The number of ether oxygens (including phenoxy) is 2. The van der Waals surface area contributed by atoms with E-state index < -0.39 is 0 Å². The maximum Gasteiger partial charge on any atom is 0.197 e. The Morgan fingerprint density at radius 2 is 1.88 bits per heavy atom. The minimum Gasteiger partial charge on any atom is -0.492 e. The van der Waals surface area contributed by atoms with Gasteiger partial charge in [-0.15, -0.1) is 0 Å². The van der Waals surface area contributed by atoms with E-state index in [1.165, 1.54) is 14.2 Å². The first-order chi connectivity index (χ1) is 8.09. The molecule has 0 saturated heterocycles. The number of benzene rings is 1. The van der Waals surface area contributed by atoms with E-state index >= 15 is 0 Å². The number of aryl methyl sites for hydroxylation is 1. The number of halogens is 1. The van der Waals surface area contributed by atoms with Crippen LogP contribution in [-0.4, -0.2) is 20.8 Å². The van der Waals surface area contributed by atoms with Crippen LogP contribution in [-0.2, 0) is 5.41 Å². The lowest BCUT2D eigenvalue weighted by atomic mass is 9.93. The summed E-state index contributed by atoms with van der Waals surface area (Å²) in [5.41, 5.74) is 7.09. The SMILES string of the molecule is COc1c(C)cc(C2(CN)CC2)c(F)c1OC. The fourth-order valence-electron chi connectivity index (χ4n) is 2.30. The summed E-state index contributed by atoms with van der Waals surface area (Å²) >= 11 is 0. The van der Waals surface area contributed by atoms with E-state index in [-0.39, 0.29) is 17.0 Å². The summed E-state index contributed by atoms with van der Waals surface area (Å²) in [6.45, 7) is 2.36. The maximum absolute atomic E-state index is 14.4. The summed E-state index contributed by atoms with van der Waals surface area (Å²) in [7, 11) is 2.96. The van der Waals surface area contributed by atoms with Crippen LogP contribution < -0.4 is 15.2 Å². The first kappa shape index (κ1) is 12.2. The molecule has 0 unspecified atom stereocenters. The molecule has 1 fully saturated rings. The van der Waals surface area contributed by atoms with Gasteiger partial charge in [-0.25, -0.2) is 4.39 Å². The minimum absolute atomic E-state index is 0.183. The van der Waals surface area contributed by atoms with E-state index in [2.05, 4.69) is 0 Å². The van der Waals surface area contributed by atoms with Crippen molar-refractivity contribution in [2.45, 2.75) is 25.2 Å². The lowest BCUT2D eigenvalue weighted by molar-refractivity contribution is 0.332. The van der Waals surface area contributed by atoms with Gasteiger partial charge in [0.1, 0.15) is 0 Å². The Morgan fingerprint density at radius 1 is 1.29 bits per heavy atom. The molecule has 0 atom stereocenters. The molecule has 0 radical (unpaired) electrons. The molecule has 1 saturated carbocycles. The Balaban J connectivity index is 2.59. The predicted octanol–water partition coefficient (Wildman–Crippen LogP) is 2.14. The molecular weight excluding hydrogens is 221 g/mol. The smallest absolute Gasteiger partial charge is 0.197 e. The van der Waals surface area contributed by atoms with Gasteiger partial charge in [-0.1, -0.05) is 0 Å². The van der Waals surface area contributed by atoms with Crippen LogP contribution in [0.1, 0.15) is 24.0 Å². The molecule has 2 rings (SSSR count). The first-order valence-corrected chi connectivity index (χ1v) is 5.71. The van der Waals surface area contributed by atoms with E-state index in [0.29, 0.717) is 17.9 Å². The zero-order valence-electron chi connectivity index (χ0n) is 10.5. The normalized spacial score (nSPS) is 16.8. The quantitative estimate of drug-likeness (QED) is 0.875. The van der Waals surface area contributed by atoms with Crippen LogP contribution in [0.25, 0.3) is 0 Å². The lowest BCUT2D eigenvalue weighted by Gasteiger charge is -2.19. The van der Waals surface area contributed by atoms with Crippen LogP contribution in [0.3, 0.4) is 0 Å². The monoisotopic (exact) mass is 239 g/mol. The molecule has 2 N–H and O–H groups in total. The van der Waals surface area contributed by atoms with Crippen molar-refractivity contribution < 1.29 is 13.9 Å². The molecule has 0 heterocycles. The molecule has 94 valence electrons. The average molecular weight is 239 g/mol. The van der Waals surface area contributed by atoms with Gasteiger partial charge in [-0.05, 0) is 37.0 Å². The third-order valence-corrected chi connectivity index (χ3v) is 3.58. The lowest BCUT2D eigenvalue weighted by Crippen LogP contribution is -2.21. The van der Waals surface area contributed by atoms with Crippen molar-refractivity contribution >= 4 is 0 Å². The van der Waals surface area contributed by atoms with Crippen molar-refractivity contribution in [3.63, 3.8) is 0 Å². The van der Waals surface area contributed by atoms with Gasteiger partial charge in [-0.3, -0.25) is 0 Å². The summed E-state index contributed by atoms with van der Waals surface area (Å²) in [4.78, 5) is 0. The number of methoxy groups -OCH3 is 2. The first-order valence-electron chi connectivity index (χ1n) is 5.71.